The number of nitrogens with one attached hydrogen (secondary N) is 1. The molecule has 1 saturated heterocycles. The third-order valence-electron chi connectivity index (χ3n) is 5.76. The molecule has 2 amide bonds. The molecule has 1 fully saturated rings. The number of carboxylic acid groups (broad SMARTS) is 1. The molecule has 2 unspecified atom stereocenters. The number of benzene rings is 2. The summed E-state index contributed by atoms with van der Waals surface area (Å²) in [7, 11) is 3.11. The van der Waals surface area contributed by atoms with Crippen LogP contribution in [0.25, 0.3) is 0 Å². The van der Waals surface area contributed by atoms with Gasteiger partial charge in [0.25, 0.3) is 0 Å². The smallest absolute Gasteiger partial charge is 0.326 e. The molecule has 8 nitrogen and oxygen atoms in total. The van der Waals surface area contributed by atoms with Crippen LogP contribution in [0.4, 0.5) is 0 Å². The Morgan fingerprint density at radius 3 is 2.42 bits per heavy atom. The average Bonchev–Trinajstić information content (AvgIpc) is 3.28. The molecule has 0 bridgehead atoms. The van der Waals surface area contributed by atoms with Gasteiger partial charge in [0.2, 0.25) is 11.8 Å². The first-order valence-corrected chi connectivity index (χ1v) is 11.1. The van der Waals surface area contributed by atoms with Crippen molar-refractivity contribution >= 4 is 30.4 Å². The number of methoxy groups -OCH3 is 2. The van der Waals surface area contributed by atoms with Crippen molar-refractivity contribution in [2.24, 2.45) is 0 Å². The predicted octanol–water partition coefficient (Wildman–Crippen LogP) is 2.48. The molecule has 1 heterocycles. The number of para-hydroxylation sites is 1. The third-order valence-corrected chi connectivity index (χ3v) is 6.18. The Bertz CT molecular complexity index is 997. The second-order valence-electron chi connectivity index (χ2n) is 7.78. The van der Waals surface area contributed by atoms with Crippen LogP contribution in [-0.4, -0.2) is 59.8 Å². The molecule has 176 valence electrons. The zero-order valence-electron chi connectivity index (χ0n) is 18.6. The SMILES string of the molecule is COc1ccc(CC(S)C(=O)NCC(=O)N2C(c3ccccc3OC)CC[C@H]2C(=O)O)cc1. The molecule has 33 heavy (non-hydrogen) atoms. The number of nitrogens with zero attached hydrogens (tertiary/aromatic N) is 1. The highest BCUT2D eigenvalue weighted by Gasteiger charge is 2.42. The number of carboxylic acids is 1. The zero-order valence-corrected chi connectivity index (χ0v) is 19.5. The van der Waals surface area contributed by atoms with E-state index < -0.39 is 35.1 Å². The van der Waals surface area contributed by atoms with E-state index in [1.807, 2.05) is 30.3 Å². The molecule has 2 N–H and O–H groups in total. The van der Waals surface area contributed by atoms with Gasteiger partial charge in [-0.3, -0.25) is 9.59 Å². The Hall–Kier alpha value is -3.20. The Morgan fingerprint density at radius 2 is 1.79 bits per heavy atom. The number of amides is 2. The lowest BCUT2D eigenvalue weighted by Gasteiger charge is -2.29. The lowest BCUT2D eigenvalue weighted by atomic mass is 10.0. The van der Waals surface area contributed by atoms with Gasteiger partial charge in [0.15, 0.2) is 0 Å². The average molecular weight is 473 g/mol. The van der Waals surface area contributed by atoms with E-state index >= 15 is 0 Å². The first kappa shape index (κ1) is 24.4. The van der Waals surface area contributed by atoms with Gasteiger partial charge in [-0.25, -0.2) is 4.79 Å². The van der Waals surface area contributed by atoms with E-state index in [-0.39, 0.29) is 6.54 Å². The molecular weight excluding hydrogens is 444 g/mol. The van der Waals surface area contributed by atoms with Gasteiger partial charge in [0, 0.05) is 5.56 Å². The summed E-state index contributed by atoms with van der Waals surface area (Å²) in [5.74, 6) is -0.631. The van der Waals surface area contributed by atoms with E-state index in [2.05, 4.69) is 17.9 Å². The van der Waals surface area contributed by atoms with Crippen molar-refractivity contribution in [3.05, 3.63) is 59.7 Å². The Morgan fingerprint density at radius 1 is 1.09 bits per heavy atom. The molecule has 3 rings (SSSR count). The first-order valence-electron chi connectivity index (χ1n) is 10.6. The molecule has 0 aromatic heterocycles. The first-order chi connectivity index (χ1) is 15.8. The molecule has 2 aromatic carbocycles. The van der Waals surface area contributed by atoms with Crippen molar-refractivity contribution in [1.29, 1.82) is 0 Å². The van der Waals surface area contributed by atoms with E-state index in [1.54, 1.807) is 25.3 Å². The van der Waals surface area contributed by atoms with Gasteiger partial charge in [-0.15, -0.1) is 0 Å². The molecule has 0 saturated carbocycles. The lowest BCUT2D eigenvalue weighted by molar-refractivity contribution is -0.149. The summed E-state index contributed by atoms with van der Waals surface area (Å²) >= 11 is 4.37. The second-order valence-corrected chi connectivity index (χ2v) is 8.40. The van der Waals surface area contributed by atoms with Crippen molar-refractivity contribution in [3.63, 3.8) is 0 Å². The molecule has 1 aliphatic heterocycles. The number of aliphatic carboxylic acids is 1. The van der Waals surface area contributed by atoms with Gasteiger partial charge in [0.1, 0.15) is 17.5 Å². The summed E-state index contributed by atoms with van der Waals surface area (Å²) in [5.41, 5.74) is 1.65. The van der Waals surface area contributed by atoms with Gasteiger partial charge in [-0.05, 0) is 43.0 Å². The van der Waals surface area contributed by atoms with Crippen LogP contribution in [0.15, 0.2) is 48.5 Å². The maximum absolute atomic E-state index is 13.1. The van der Waals surface area contributed by atoms with E-state index in [9.17, 15) is 19.5 Å². The second kappa shape index (κ2) is 11.1. The monoisotopic (exact) mass is 472 g/mol. The van der Waals surface area contributed by atoms with Crippen LogP contribution >= 0.6 is 12.6 Å². The summed E-state index contributed by atoms with van der Waals surface area (Å²) in [6, 6.07) is 13.1. The number of rotatable bonds is 9. The number of carbonyl (C=O) groups is 3. The summed E-state index contributed by atoms with van der Waals surface area (Å²) in [4.78, 5) is 38.8. The number of hydrogen-bond acceptors (Lipinski definition) is 6. The maximum Gasteiger partial charge on any atom is 0.326 e. The predicted molar refractivity (Wildman–Crippen MR) is 126 cm³/mol. The Labute approximate surface area is 198 Å². The standard InChI is InChI=1S/C24H28N2O6S/c1-31-16-9-7-15(8-10-16)13-21(33)23(28)25-14-22(27)26-18(11-12-19(26)24(29)30)17-5-3-4-6-20(17)32-2/h3-10,18-19,21,33H,11-14H2,1-2H3,(H,25,28)(H,29,30)/t18?,19-,21?/m0/s1. The largest absolute Gasteiger partial charge is 0.497 e. The minimum absolute atomic E-state index is 0.312. The summed E-state index contributed by atoms with van der Waals surface area (Å²) in [5, 5.41) is 11.6. The fraction of sp³-hybridized carbons (Fsp3) is 0.375. The van der Waals surface area contributed by atoms with Gasteiger partial charge in [0.05, 0.1) is 32.1 Å². The van der Waals surface area contributed by atoms with Crippen LogP contribution in [0.2, 0.25) is 0 Å². The maximum atomic E-state index is 13.1. The summed E-state index contributed by atoms with van der Waals surface area (Å²) in [6.45, 7) is -0.312. The molecular formula is C24H28N2O6S. The van der Waals surface area contributed by atoms with Crippen LogP contribution < -0.4 is 14.8 Å². The lowest BCUT2D eigenvalue weighted by Crippen LogP contribution is -2.47. The van der Waals surface area contributed by atoms with Gasteiger partial charge >= 0.3 is 5.97 Å². The molecule has 0 spiro atoms. The van der Waals surface area contributed by atoms with Crippen LogP contribution in [-0.2, 0) is 20.8 Å². The fourth-order valence-electron chi connectivity index (χ4n) is 4.10. The third kappa shape index (κ3) is 5.78. The van der Waals surface area contributed by atoms with E-state index in [0.29, 0.717) is 30.8 Å². The minimum atomic E-state index is -1.07. The highest BCUT2D eigenvalue weighted by atomic mass is 32.1. The van der Waals surface area contributed by atoms with E-state index in [4.69, 9.17) is 9.47 Å². The molecule has 9 heteroatoms. The fourth-order valence-corrected chi connectivity index (χ4v) is 4.40. The molecule has 0 aliphatic carbocycles. The molecule has 2 aromatic rings. The van der Waals surface area contributed by atoms with Crippen molar-refractivity contribution in [2.75, 3.05) is 20.8 Å². The summed E-state index contributed by atoms with van der Waals surface area (Å²) in [6.07, 6.45) is 1.19. The molecule has 0 radical (unpaired) electrons. The van der Waals surface area contributed by atoms with Gasteiger partial charge < -0.3 is 24.8 Å². The highest BCUT2D eigenvalue weighted by Crippen LogP contribution is 2.40. The summed E-state index contributed by atoms with van der Waals surface area (Å²) < 4.78 is 10.5. The van der Waals surface area contributed by atoms with Crippen molar-refractivity contribution < 1.29 is 29.0 Å². The molecule has 1 aliphatic rings. The van der Waals surface area contributed by atoms with Crippen molar-refractivity contribution in [3.8, 4) is 11.5 Å². The topological polar surface area (TPSA) is 105 Å². The minimum Gasteiger partial charge on any atom is -0.497 e. The number of likely N-dealkylation sites (tertiary alicyclic amines) is 1. The van der Waals surface area contributed by atoms with Crippen LogP contribution in [0.5, 0.6) is 11.5 Å². The quantitative estimate of drug-likeness (QED) is 0.485. The zero-order chi connectivity index (χ0) is 24.0. The van der Waals surface area contributed by atoms with Gasteiger partial charge in [-0.2, -0.15) is 12.6 Å². The van der Waals surface area contributed by atoms with E-state index in [0.717, 1.165) is 11.1 Å². The number of carbonyl (C=O) groups excluding carboxylic acids is 2. The number of hydrogen-bond donors (Lipinski definition) is 3. The van der Waals surface area contributed by atoms with Crippen molar-refractivity contribution in [1.82, 2.24) is 10.2 Å². The Balaban J connectivity index is 1.66. The number of ether oxygens (including phenoxy) is 2. The normalized spacial score (nSPS) is 18.5. The van der Waals surface area contributed by atoms with Crippen molar-refractivity contribution in [2.45, 2.75) is 36.6 Å². The highest BCUT2D eigenvalue weighted by molar-refractivity contribution is 7.81. The van der Waals surface area contributed by atoms with E-state index in [1.165, 1.54) is 12.0 Å². The van der Waals surface area contributed by atoms with Crippen LogP contribution in [0, 0.1) is 0 Å². The van der Waals surface area contributed by atoms with Gasteiger partial charge in [-0.1, -0.05) is 30.3 Å². The van der Waals surface area contributed by atoms with Crippen LogP contribution in [0.3, 0.4) is 0 Å². The Kier molecular flexibility index (Phi) is 8.21. The number of thiol groups is 1. The van der Waals surface area contributed by atoms with Crippen LogP contribution in [0.1, 0.15) is 30.0 Å². The molecule has 3 atom stereocenters.